The van der Waals surface area contributed by atoms with Crippen molar-refractivity contribution >= 4 is 29.3 Å². The van der Waals surface area contributed by atoms with Gasteiger partial charge in [-0.3, -0.25) is 9.59 Å². The number of rotatable bonds is 5. The largest absolute Gasteiger partial charge is 0.573 e. The van der Waals surface area contributed by atoms with Crippen LogP contribution < -0.4 is 15.0 Å². The summed E-state index contributed by atoms with van der Waals surface area (Å²) in [5.74, 6) is -1.00. The van der Waals surface area contributed by atoms with Gasteiger partial charge in [-0.05, 0) is 42.3 Å². The van der Waals surface area contributed by atoms with Gasteiger partial charge in [-0.25, -0.2) is 0 Å². The van der Waals surface area contributed by atoms with Crippen LogP contribution in [0.1, 0.15) is 18.4 Å². The number of amides is 2. The van der Waals surface area contributed by atoms with Crippen molar-refractivity contribution in [1.29, 1.82) is 0 Å². The van der Waals surface area contributed by atoms with Crippen LogP contribution in [0.4, 0.5) is 24.5 Å². The maximum Gasteiger partial charge on any atom is 0.573 e. The molecule has 1 saturated heterocycles. The van der Waals surface area contributed by atoms with Gasteiger partial charge in [0.05, 0.1) is 5.69 Å². The molecule has 0 saturated carbocycles. The number of nitrogens with zero attached hydrogens (tertiary/aromatic N) is 1. The van der Waals surface area contributed by atoms with Gasteiger partial charge in [0, 0.05) is 24.7 Å². The van der Waals surface area contributed by atoms with Gasteiger partial charge in [-0.15, -0.1) is 13.2 Å². The predicted octanol–water partition coefficient (Wildman–Crippen LogP) is 4.36. The van der Waals surface area contributed by atoms with Gasteiger partial charge in [0.1, 0.15) is 0 Å². The molecule has 146 valence electrons. The molecule has 1 N–H and O–H groups in total. The van der Waals surface area contributed by atoms with Gasteiger partial charge in [0.2, 0.25) is 11.8 Å². The zero-order valence-electron chi connectivity index (χ0n) is 14.7. The maximum absolute atomic E-state index is 12.4. The van der Waals surface area contributed by atoms with Crippen molar-refractivity contribution in [3.05, 3.63) is 60.2 Å². The molecule has 3 rings (SSSR count). The Bertz CT molecular complexity index is 892. The summed E-state index contributed by atoms with van der Waals surface area (Å²) in [6.45, 7) is 0.690. The molecule has 0 spiro atoms. The molecule has 8 heteroatoms. The van der Waals surface area contributed by atoms with E-state index in [1.165, 1.54) is 30.4 Å². The SMILES string of the molecule is O=C(/C=C/c1ccc(N2CCCC2=O)cc1)Nc1ccccc1OC(F)(F)F. The second-order valence-electron chi connectivity index (χ2n) is 6.11. The fourth-order valence-electron chi connectivity index (χ4n) is 2.82. The van der Waals surface area contributed by atoms with E-state index in [0.717, 1.165) is 18.2 Å². The minimum absolute atomic E-state index is 0.0856. The number of alkyl halides is 3. The van der Waals surface area contributed by atoms with Crippen LogP contribution in [0.3, 0.4) is 0 Å². The quantitative estimate of drug-likeness (QED) is 0.772. The summed E-state index contributed by atoms with van der Waals surface area (Å²) < 4.78 is 41.2. The number of nitrogens with one attached hydrogen (secondary N) is 1. The van der Waals surface area contributed by atoms with Crippen molar-refractivity contribution in [2.75, 3.05) is 16.8 Å². The lowest BCUT2D eigenvalue weighted by Gasteiger charge is -2.15. The molecule has 1 heterocycles. The molecule has 0 atom stereocenters. The van der Waals surface area contributed by atoms with E-state index < -0.39 is 18.0 Å². The summed E-state index contributed by atoms with van der Waals surface area (Å²) in [6, 6.07) is 12.4. The van der Waals surface area contributed by atoms with E-state index in [2.05, 4.69) is 10.1 Å². The lowest BCUT2D eigenvalue weighted by Crippen LogP contribution is -2.23. The third-order valence-corrected chi connectivity index (χ3v) is 4.08. The molecule has 1 fully saturated rings. The van der Waals surface area contributed by atoms with Crippen LogP contribution in [0.15, 0.2) is 54.6 Å². The van der Waals surface area contributed by atoms with Gasteiger partial charge >= 0.3 is 6.36 Å². The first-order valence-corrected chi connectivity index (χ1v) is 8.56. The van der Waals surface area contributed by atoms with E-state index in [0.29, 0.717) is 18.5 Å². The summed E-state index contributed by atoms with van der Waals surface area (Å²) in [5, 5.41) is 2.36. The van der Waals surface area contributed by atoms with Crippen molar-refractivity contribution in [3.8, 4) is 5.75 Å². The Kier molecular flexibility index (Phi) is 5.67. The zero-order valence-corrected chi connectivity index (χ0v) is 14.7. The number of halogens is 3. The first-order valence-electron chi connectivity index (χ1n) is 8.56. The second-order valence-corrected chi connectivity index (χ2v) is 6.11. The Morgan fingerprint density at radius 3 is 2.46 bits per heavy atom. The molecule has 0 unspecified atom stereocenters. The van der Waals surface area contributed by atoms with E-state index in [1.807, 2.05) is 0 Å². The van der Waals surface area contributed by atoms with Crippen molar-refractivity contribution in [3.63, 3.8) is 0 Å². The van der Waals surface area contributed by atoms with Crippen LogP contribution in [-0.2, 0) is 9.59 Å². The average molecular weight is 390 g/mol. The number of carbonyl (C=O) groups excluding carboxylic acids is 2. The molecular formula is C20H17F3N2O3. The lowest BCUT2D eigenvalue weighted by atomic mass is 10.2. The number of anilines is 2. The molecule has 2 aromatic rings. The molecule has 0 bridgehead atoms. The Balaban J connectivity index is 1.64. The minimum Gasteiger partial charge on any atom is -0.404 e. The van der Waals surface area contributed by atoms with Gasteiger partial charge in [0.15, 0.2) is 5.75 Å². The zero-order chi connectivity index (χ0) is 20.1. The summed E-state index contributed by atoms with van der Waals surface area (Å²) in [5.41, 5.74) is 1.42. The van der Waals surface area contributed by atoms with Crippen LogP contribution in [0, 0.1) is 0 Å². The first kappa shape index (κ1) is 19.5. The van der Waals surface area contributed by atoms with Crippen LogP contribution >= 0.6 is 0 Å². The van der Waals surface area contributed by atoms with Crippen molar-refractivity contribution in [2.45, 2.75) is 19.2 Å². The van der Waals surface area contributed by atoms with Crippen LogP contribution in [-0.4, -0.2) is 24.7 Å². The molecule has 0 aliphatic carbocycles. The van der Waals surface area contributed by atoms with Gasteiger partial charge < -0.3 is 15.0 Å². The van der Waals surface area contributed by atoms with Crippen molar-refractivity contribution < 1.29 is 27.5 Å². The monoisotopic (exact) mass is 390 g/mol. The molecule has 2 aromatic carbocycles. The molecule has 1 aliphatic heterocycles. The fraction of sp³-hybridized carbons (Fsp3) is 0.200. The number of para-hydroxylation sites is 2. The topological polar surface area (TPSA) is 58.6 Å². The van der Waals surface area contributed by atoms with Gasteiger partial charge in [-0.2, -0.15) is 0 Å². The highest BCUT2D eigenvalue weighted by Crippen LogP contribution is 2.30. The number of carbonyl (C=O) groups is 2. The van der Waals surface area contributed by atoms with E-state index >= 15 is 0 Å². The highest BCUT2D eigenvalue weighted by Gasteiger charge is 2.32. The standard InChI is InChI=1S/C20H17F3N2O3/c21-20(22,23)28-17-5-2-1-4-16(17)24-18(26)12-9-14-7-10-15(11-8-14)25-13-3-6-19(25)27/h1-2,4-5,7-12H,3,6,13H2,(H,24,26)/b12-9+. The number of benzene rings is 2. The lowest BCUT2D eigenvalue weighted by molar-refractivity contribution is -0.274. The van der Waals surface area contributed by atoms with E-state index in [9.17, 15) is 22.8 Å². The molecule has 5 nitrogen and oxygen atoms in total. The Morgan fingerprint density at radius 1 is 1.11 bits per heavy atom. The number of hydrogen-bond acceptors (Lipinski definition) is 3. The molecule has 0 aromatic heterocycles. The van der Waals surface area contributed by atoms with Crippen LogP contribution in [0.2, 0.25) is 0 Å². The van der Waals surface area contributed by atoms with Crippen LogP contribution in [0.25, 0.3) is 6.08 Å². The number of ether oxygens (including phenoxy) is 1. The average Bonchev–Trinajstić information content (AvgIpc) is 3.07. The first-order chi connectivity index (χ1) is 13.3. The van der Waals surface area contributed by atoms with E-state index in [-0.39, 0.29) is 11.6 Å². The fourth-order valence-corrected chi connectivity index (χ4v) is 2.82. The third-order valence-electron chi connectivity index (χ3n) is 4.08. The summed E-state index contributed by atoms with van der Waals surface area (Å²) in [6.07, 6.45) is -0.741. The second kappa shape index (κ2) is 8.16. The molecule has 2 amide bonds. The van der Waals surface area contributed by atoms with Gasteiger partial charge in [0.25, 0.3) is 0 Å². The summed E-state index contributed by atoms with van der Waals surface area (Å²) in [4.78, 5) is 25.5. The molecule has 1 aliphatic rings. The molecule has 28 heavy (non-hydrogen) atoms. The molecule has 0 radical (unpaired) electrons. The Hall–Kier alpha value is -3.29. The highest BCUT2D eigenvalue weighted by molar-refractivity contribution is 6.02. The summed E-state index contributed by atoms with van der Waals surface area (Å²) in [7, 11) is 0. The minimum atomic E-state index is -4.85. The smallest absolute Gasteiger partial charge is 0.404 e. The predicted molar refractivity (Wildman–Crippen MR) is 98.8 cm³/mol. The van der Waals surface area contributed by atoms with Crippen molar-refractivity contribution in [2.24, 2.45) is 0 Å². The summed E-state index contributed by atoms with van der Waals surface area (Å²) >= 11 is 0. The van der Waals surface area contributed by atoms with E-state index in [1.54, 1.807) is 29.2 Å². The Morgan fingerprint density at radius 2 is 1.82 bits per heavy atom. The highest BCUT2D eigenvalue weighted by atomic mass is 19.4. The van der Waals surface area contributed by atoms with Crippen molar-refractivity contribution in [1.82, 2.24) is 0 Å². The number of hydrogen-bond donors (Lipinski definition) is 1. The third kappa shape index (κ3) is 5.12. The van der Waals surface area contributed by atoms with E-state index in [4.69, 9.17) is 0 Å². The Labute approximate surface area is 159 Å². The van der Waals surface area contributed by atoms with Crippen LogP contribution in [0.5, 0.6) is 5.75 Å². The normalized spacial score (nSPS) is 14.5. The van der Waals surface area contributed by atoms with Gasteiger partial charge in [-0.1, -0.05) is 24.3 Å². The maximum atomic E-state index is 12.4. The molecular weight excluding hydrogens is 373 g/mol.